The predicted octanol–water partition coefficient (Wildman–Crippen LogP) is 5.33. The number of nitrogens with zero attached hydrogens (tertiary/aromatic N) is 2. The van der Waals surface area contributed by atoms with E-state index >= 15 is 0 Å². The lowest BCUT2D eigenvalue weighted by Gasteiger charge is -2.35. The minimum Gasteiger partial charge on any atom is -0.477 e. The number of rotatable bonds is 9. The Morgan fingerprint density at radius 3 is 2.42 bits per heavy atom. The first-order valence-electron chi connectivity index (χ1n) is 11.4. The molecule has 2 heterocycles. The topological polar surface area (TPSA) is 98.5 Å². The first kappa shape index (κ1) is 24.6. The van der Waals surface area contributed by atoms with Crippen LogP contribution >= 0.6 is 0 Å². The number of anilines is 3. The van der Waals surface area contributed by atoms with Crippen LogP contribution in [0.2, 0.25) is 0 Å². The maximum Gasteiger partial charge on any atom is 0.354 e. The molecule has 8 heteroatoms. The lowest BCUT2D eigenvalue weighted by atomic mass is 9.96. The van der Waals surface area contributed by atoms with E-state index in [1.807, 2.05) is 13.8 Å². The van der Waals surface area contributed by atoms with Crippen molar-refractivity contribution in [1.29, 1.82) is 5.41 Å². The van der Waals surface area contributed by atoms with Gasteiger partial charge >= 0.3 is 5.97 Å². The van der Waals surface area contributed by atoms with Crippen LogP contribution in [0.3, 0.4) is 0 Å². The van der Waals surface area contributed by atoms with E-state index in [-0.39, 0.29) is 29.4 Å². The monoisotopic (exact) mass is 456 g/mol. The minimum atomic E-state index is -1.14. The van der Waals surface area contributed by atoms with Crippen molar-refractivity contribution in [2.45, 2.75) is 46.6 Å². The average Bonchev–Trinajstić information content (AvgIpc) is 2.78. The van der Waals surface area contributed by atoms with Gasteiger partial charge in [0, 0.05) is 31.1 Å². The Kier molecular flexibility index (Phi) is 8.02. The molecule has 33 heavy (non-hydrogen) atoms. The molecule has 1 aromatic carbocycles. The molecule has 1 fully saturated rings. The second kappa shape index (κ2) is 10.7. The summed E-state index contributed by atoms with van der Waals surface area (Å²) in [5.41, 5.74) is 2.07. The third-order valence-electron chi connectivity index (χ3n) is 5.62. The Morgan fingerprint density at radius 1 is 1.24 bits per heavy atom. The highest BCUT2D eigenvalue weighted by Gasteiger charge is 2.27. The van der Waals surface area contributed by atoms with Crippen molar-refractivity contribution in [3.63, 3.8) is 0 Å². The summed E-state index contributed by atoms with van der Waals surface area (Å²) >= 11 is 0. The van der Waals surface area contributed by atoms with Gasteiger partial charge in [-0.2, -0.15) is 0 Å². The van der Waals surface area contributed by atoms with Crippen LogP contribution in [0.15, 0.2) is 30.3 Å². The summed E-state index contributed by atoms with van der Waals surface area (Å²) < 4.78 is 19.4. The van der Waals surface area contributed by atoms with E-state index in [0.29, 0.717) is 41.7 Å². The molecule has 0 bridgehead atoms. The molecule has 1 aliphatic heterocycles. The summed E-state index contributed by atoms with van der Waals surface area (Å²) in [5.74, 6) is -0.850. The first-order chi connectivity index (χ1) is 15.7. The highest BCUT2D eigenvalue weighted by Crippen LogP contribution is 2.34. The van der Waals surface area contributed by atoms with Gasteiger partial charge in [0.1, 0.15) is 11.6 Å². The number of hydrogen-bond acceptors (Lipinski definition) is 6. The fraction of sp³-hybridized carbons (Fsp3) is 0.480. The van der Waals surface area contributed by atoms with Crippen LogP contribution in [0.4, 0.5) is 21.6 Å². The van der Waals surface area contributed by atoms with Crippen molar-refractivity contribution < 1.29 is 19.0 Å². The van der Waals surface area contributed by atoms with Gasteiger partial charge in [0.15, 0.2) is 5.69 Å². The number of halogens is 1. The summed E-state index contributed by atoms with van der Waals surface area (Å²) in [6.45, 7) is 10.2. The van der Waals surface area contributed by atoms with Gasteiger partial charge in [-0.15, -0.1) is 0 Å². The van der Waals surface area contributed by atoms with Gasteiger partial charge in [-0.05, 0) is 55.0 Å². The van der Waals surface area contributed by atoms with Crippen LogP contribution in [-0.2, 0) is 4.74 Å². The molecular formula is C25H33FN4O3. The zero-order chi connectivity index (χ0) is 24.1. The number of carboxylic acids is 1. The van der Waals surface area contributed by atoms with Crippen molar-refractivity contribution in [2.75, 3.05) is 29.9 Å². The van der Waals surface area contributed by atoms with E-state index in [1.54, 1.807) is 18.2 Å². The van der Waals surface area contributed by atoms with Crippen molar-refractivity contribution in [3.05, 3.63) is 47.4 Å². The maximum absolute atomic E-state index is 13.4. The average molecular weight is 457 g/mol. The molecule has 0 amide bonds. The Hall–Kier alpha value is -3.00. The van der Waals surface area contributed by atoms with E-state index in [0.717, 1.165) is 19.4 Å². The number of hydrogen-bond donors (Lipinski definition) is 3. The van der Waals surface area contributed by atoms with Gasteiger partial charge in [-0.25, -0.2) is 14.2 Å². The molecule has 2 aromatic rings. The van der Waals surface area contributed by atoms with Crippen molar-refractivity contribution in [3.8, 4) is 0 Å². The Labute approximate surface area is 194 Å². The van der Waals surface area contributed by atoms with E-state index in [1.165, 1.54) is 12.1 Å². The van der Waals surface area contributed by atoms with Crippen molar-refractivity contribution in [2.24, 2.45) is 11.8 Å². The molecule has 1 saturated heterocycles. The fourth-order valence-electron chi connectivity index (χ4n) is 3.80. The normalized spacial score (nSPS) is 14.7. The Balaban J connectivity index is 1.99. The SMILES string of the molecule is CC(C)COC1CCN(c2cc(C(=O)O)nc(Nc3ccc(F)cc3)c2C(=N)C(C)C)CC1. The molecule has 0 atom stereocenters. The Morgan fingerprint density at radius 2 is 1.88 bits per heavy atom. The molecule has 0 spiro atoms. The highest BCUT2D eigenvalue weighted by molar-refractivity contribution is 6.09. The molecule has 0 aliphatic carbocycles. The minimum absolute atomic E-state index is 0.0955. The number of piperidine rings is 1. The molecule has 0 radical (unpaired) electrons. The van der Waals surface area contributed by atoms with Gasteiger partial charge < -0.3 is 25.5 Å². The van der Waals surface area contributed by atoms with Gasteiger partial charge in [0.05, 0.1) is 17.4 Å². The number of aromatic carboxylic acids is 1. The molecule has 7 nitrogen and oxygen atoms in total. The number of nitrogens with one attached hydrogen (secondary N) is 2. The van der Waals surface area contributed by atoms with E-state index in [9.17, 15) is 14.3 Å². The molecule has 1 aromatic heterocycles. The Bertz CT molecular complexity index is 984. The van der Waals surface area contributed by atoms with Crippen LogP contribution in [0.1, 0.15) is 56.6 Å². The number of aromatic nitrogens is 1. The number of pyridine rings is 1. The van der Waals surface area contributed by atoms with Crippen LogP contribution in [-0.4, -0.2) is 47.6 Å². The number of carbonyl (C=O) groups is 1. The molecule has 0 saturated carbocycles. The highest BCUT2D eigenvalue weighted by atomic mass is 19.1. The molecular weight excluding hydrogens is 423 g/mol. The molecule has 3 rings (SSSR count). The quantitative estimate of drug-likeness (QED) is 0.441. The van der Waals surface area contributed by atoms with E-state index < -0.39 is 5.97 Å². The third kappa shape index (κ3) is 6.28. The maximum atomic E-state index is 13.4. The molecule has 0 unspecified atom stereocenters. The zero-order valence-corrected chi connectivity index (χ0v) is 19.7. The standard InChI is InChI=1S/C25H33FN4O3/c1-15(2)14-33-19-9-11-30(12-10-19)21-13-20(25(31)32)29-24(22(21)23(27)16(3)4)28-18-7-5-17(26)6-8-18/h5-8,13,15-16,19,27H,9-12,14H2,1-4H3,(H,28,29)(H,31,32). The summed E-state index contributed by atoms with van der Waals surface area (Å²) in [5, 5.41) is 21.6. The van der Waals surface area contributed by atoms with Gasteiger partial charge in [-0.1, -0.05) is 27.7 Å². The first-order valence-corrected chi connectivity index (χ1v) is 11.4. The van der Waals surface area contributed by atoms with Gasteiger partial charge in [-0.3, -0.25) is 0 Å². The fourth-order valence-corrected chi connectivity index (χ4v) is 3.80. The largest absolute Gasteiger partial charge is 0.477 e. The molecule has 3 N–H and O–H groups in total. The van der Waals surface area contributed by atoms with Gasteiger partial charge in [0.2, 0.25) is 0 Å². The van der Waals surface area contributed by atoms with Crippen LogP contribution in [0.25, 0.3) is 0 Å². The summed E-state index contributed by atoms with van der Waals surface area (Å²) in [6.07, 6.45) is 1.83. The smallest absolute Gasteiger partial charge is 0.354 e. The predicted molar refractivity (Wildman–Crippen MR) is 129 cm³/mol. The second-order valence-electron chi connectivity index (χ2n) is 9.17. The van der Waals surface area contributed by atoms with Crippen LogP contribution in [0, 0.1) is 23.1 Å². The molecule has 178 valence electrons. The number of ether oxygens (including phenoxy) is 1. The lowest BCUT2D eigenvalue weighted by molar-refractivity contribution is 0.0215. The molecule has 1 aliphatic rings. The summed E-state index contributed by atoms with van der Waals surface area (Å²) in [7, 11) is 0. The summed E-state index contributed by atoms with van der Waals surface area (Å²) in [6, 6.07) is 7.31. The van der Waals surface area contributed by atoms with Crippen molar-refractivity contribution >= 4 is 28.9 Å². The lowest BCUT2D eigenvalue weighted by Crippen LogP contribution is -2.38. The van der Waals surface area contributed by atoms with Gasteiger partial charge in [0.25, 0.3) is 0 Å². The number of benzene rings is 1. The van der Waals surface area contributed by atoms with E-state index in [4.69, 9.17) is 10.1 Å². The number of carboxylic acid groups (broad SMARTS) is 1. The van der Waals surface area contributed by atoms with Crippen molar-refractivity contribution in [1.82, 2.24) is 4.98 Å². The van der Waals surface area contributed by atoms with E-state index in [2.05, 4.69) is 29.0 Å². The third-order valence-corrected chi connectivity index (χ3v) is 5.62. The zero-order valence-electron chi connectivity index (χ0n) is 19.7. The second-order valence-corrected chi connectivity index (χ2v) is 9.17. The van der Waals surface area contributed by atoms with Crippen LogP contribution < -0.4 is 10.2 Å². The van der Waals surface area contributed by atoms with Crippen LogP contribution in [0.5, 0.6) is 0 Å². The summed E-state index contributed by atoms with van der Waals surface area (Å²) in [4.78, 5) is 18.3.